The Morgan fingerprint density at radius 2 is 2.12 bits per heavy atom. The fraction of sp³-hybridized carbons (Fsp3) is 0.909. The number of rotatable bonds is 3. The lowest BCUT2D eigenvalue weighted by molar-refractivity contribution is -0.164. The Balaban J connectivity index is 2.36. The summed E-state index contributed by atoms with van der Waals surface area (Å²) in [6.07, 6.45) is -2.20. The van der Waals surface area contributed by atoms with E-state index in [0.29, 0.717) is 0 Å². The standard InChI is InChI=1S/C11H19FO4/c1-11(2,3)10(13)15-6-8-7(12)5-9(14-4)16-8/h7-9H,5-6H2,1-4H3/t7-,8+,9+/m0/s1. The number of halogens is 1. The normalized spacial score (nSPS) is 30.4. The van der Waals surface area contributed by atoms with Gasteiger partial charge in [0, 0.05) is 13.5 Å². The van der Waals surface area contributed by atoms with Gasteiger partial charge >= 0.3 is 5.97 Å². The number of methoxy groups -OCH3 is 1. The summed E-state index contributed by atoms with van der Waals surface area (Å²) in [6, 6.07) is 0. The van der Waals surface area contributed by atoms with Gasteiger partial charge in [0.05, 0.1) is 5.41 Å². The predicted octanol–water partition coefficient (Wildman–Crippen LogP) is 1.68. The number of carbonyl (C=O) groups is 1. The molecule has 0 N–H and O–H groups in total. The van der Waals surface area contributed by atoms with Crippen molar-refractivity contribution in [2.45, 2.75) is 45.8 Å². The van der Waals surface area contributed by atoms with Gasteiger partial charge in [-0.2, -0.15) is 0 Å². The maximum atomic E-state index is 13.4. The molecule has 0 aromatic heterocycles. The van der Waals surface area contributed by atoms with Gasteiger partial charge in [0.1, 0.15) is 18.9 Å². The Morgan fingerprint density at radius 1 is 1.50 bits per heavy atom. The molecular weight excluding hydrogens is 215 g/mol. The molecule has 1 rings (SSSR count). The second-order valence-corrected chi connectivity index (χ2v) is 4.94. The van der Waals surface area contributed by atoms with E-state index in [2.05, 4.69) is 0 Å². The van der Waals surface area contributed by atoms with Crippen LogP contribution in [-0.4, -0.2) is 38.3 Å². The average molecular weight is 234 g/mol. The predicted molar refractivity (Wildman–Crippen MR) is 55.6 cm³/mol. The molecule has 0 spiro atoms. The van der Waals surface area contributed by atoms with Gasteiger partial charge in [-0.15, -0.1) is 0 Å². The number of hydrogen-bond donors (Lipinski definition) is 0. The van der Waals surface area contributed by atoms with Crippen LogP contribution in [0.3, 0.4) is 0 Å². The Labute approximate surface area is 95.1 Å². The van der Waals surface area contributed by atoms with Crippen LogP contribution in [-0.2, 0) is 19.0 Å². The Hall–Kier alpha value is -0.680. The highest BCUT2D eigenvalue weighted by Gasteiger charge is 2.37. The monoisotopic (exact) mass is 234 g/mol. The molecule has 3 atom stereocenters. The zero-order valence-electron chi connectivity index (χ0n) is 10.2. The van der Waals surface area contributed by atoms with E-state index in [-0.39, 0.29) is 19.0 Å². The van der Waals surface area contributed by atoms with E-state index in [1.54, 1.807) is 20.8 Å². The van der Waals surface area contributed by atoms with Crippen LogP contribution in [0.4, 0.5) is 4.39 Å². The van der Waals surface area contributed by atoms with Crippen molar-refractivity contribution >= 4 is 5.97 Å². The molecule has 0 unspecified atom stereocenters. The van der Waals surface area contributed by atoms with Crippen molar-refractivity contribution in [3.8, 4) is 0 Å². The minimum absolute atomic E-state index is 0.0584. The third-order valence-corrected chi connectivity index (χ3v) is 2.40. The third-order valence-electron chi connectivity index (χ3n) is 2.40. The fourth-order valence-electron chi connectivity index (χ4n) is 1.34. The van der Waals surface area contributed by atoms with E-state index in [4.69, 9.17) is 14.2 Å². The third kappa shape index (κ3) is 3.42. The summed E-state index contributed by atoms with van der Waals surface area (Å²) in [5, 5.41) is 0. The highest BCUT2D eigenvalue weighted by Crippen LogP contribution is 2.24. The number of esters is 1. The van der Waals surface area contributed by atoms with E-state index in [1.165, 1.54) is 7.11 Å². The molecule has 0 aromatic carbocycles. The van der Waals surface area contributed by atoms with Crippen molar-refractivity contribution in [2.24, 2.45) is 5.41 Å². The van der Waals surface area contributed by atoms with E-state index in [0.717, 1.165) is 0 Å². The second kappa shape index (κ2) is 5.10. The van der Waals surface area contributed by atoms with Gasteiger partial charge in [0.2, 0.25) is 0 Å². The van der Waals surface area contributed by atoms with Crippen LogP contribution in [0.2, 0.25) is 0 Å². The van der Waals surface area contributed by atoms with Gasteiger partial charge in [-0.25, -0.2) is 4.39 Å². The van der Waals surface area contributed by atoms with Crippen molar-refractivity contribution < 1.29 is 23.4 Å². The maximum Gasteiger partial charge on any atom is 0.311 e. The minimum Gasteiger partial charge on any atom is -0.462 e. The lowest BCUT2D eigenvalue weighted by Crippen LogP contribution is -2.30. The topological polar surface area (TPSA) is 44.8 Å². The molecule has 0 amide bonds. The molecule has 1 aliphatic rings. The first kappa shape index (κ1) is 13.4. The molecule has 0 radical (unpaired) electrons. The highest BCUT2D eigenvalue weighted by atomic mass is 19.1. The van der Waals surface area contributed by atoms with Gasteiger partial charge in [0.15, 0.2) is 6.29 Å². The molecule has 5 heteroatoms. The molecule has 1 saturated heterocycles. The van der Waals surface area contributed by atoms with E-state index >= 15 is 0 Å². The van der Waals surface area contributed by atoms with Crippen LogP contribution in [0.1, 0.15) is 27.2 Å². The summed E-state index contributed by atoms with van der Waals surface area (Å²) in [5.74, 6) is -0.357. The lowest BCUT2D eigenvalue weighted by Gasteiger charge is -2.19. The zero-order chi connectivity index (χ0) is 12.3. The quantitative estimate of drug-likeness (QED) is 0.697. The van der Waals surface area contributed by atoms with Crippen molar-refractivity contribution in [2.75, 3.05) is 13.7 Å². The number of alkyl halides is 1. The molecule has 1 heterocycles. The van der Waals surface area contributed by atoms with E-state index < -0.39 is 24.0 Å². The highest BCUT2D eigenvalue weighted by molar-refractivity contribution is 5.75. The SMILES string of the molecule is CO[C@H]1C[C@H](F)[C@@H](COC(=O)C(C)(C)C)O1. The summed E-state index contributed by atoms with van der Waals surface area (Å²) in [4.78, 5) is 11.4. The smallest absolute Gasteiger partial charge is 0.311 e. The van der Waals surface area contributed by atoms with Gasteiger partial charge in [-0.05, 0) is 20.8 Å². The number of hydrogen-bond acceptors (Lipinski definition) is 4. The molecule has 1 aliphatic heterocycles. The number of carbonyl (C=O) groups excluding carboxylic acids is 1. The van der Waals surface area contributed by atoms with Crippen molar-refractivity contribution in [1.82, 2.24) is 0 Å². The maximum absolute atomic E-state index is 13.4. The van der Waals surface area contributed by atoms with Crippen LogP contribution in [0, 0.1) is 5.41 Å². The van der Waals surface area contributed by atoms with Gasteiger partial charge in [-0.3, -0.25) is 4.79 Å². The average Bonchev–Trinajstić information content (AvgIpc) is 2.54. The van der Waals surface area contributed by atoms with E-state index in [9.17, 15) is 9.18 Å². The summed E-state index contributed by atoms with van der Waals surface area (Å²) < 4.78 is 28.5. The molecular formula is C11H19FO4. The molecule has 4 nitrogen and oxygen atoms in total. The van der Waals surface area contributed by atoms with Gasteiger partial charge in [0.25, 0.3) is 0 Å². The first-order valence-electron chi connectivity index (χ1n) is 5.34. The summed E-state index contributed by atoms with van der Waals surface area (Å²) >= 11 is 0. The van der Waals surface area contributed by atoms with Crippen molar-refractivity contribution in [3.05, 3.63) is 0 Å². The fourth-order valence-corrected chi connectivity index (χ4v) is 1.34. The largest absolute Gasteiger partial charge is 0.462 e. The molecule has 0 saturated carbocycles. The molecule has 16 heavy (non-hydrogen) atoms. The van der Waals surface area contributed by atoms with Crippen LogP contribution in [0.5, 0.6) is 0 Å². The second-order valence-electron chi connectivity index (χ2n) is 4.94. The van der Waals surface area contributed by atoms with E-state index in [1.807, 2.05) is 0 Å². The molecule has 0 bridgehead atoms. The summed E-state index contributed by atoms with van der Waals surface area (Å²) in [7, 11) is 1.46. The van der Waals surface area contributed by atoms with Crippen LogP contribution < -0.4 is 0 Å². The summed E-state index contributed by atoms with van der Waals surface area (Å²) in [5.41, 5.74) is -0.578. The minimum atomic E-state index is -1.14. The first-order valence-corrected chi connectivity index (χ1v) is 5.34. The van der Waals surface area contributed by atoms with Gasteiger partial charge < -0.3 is 14.2 Å². The molecule has 0 aromatic rings. The molecule has 1 fully saturated rings. The summed E-state index contributed by atoms with van der Waals surface area (Å²) in [6.45, 7) is 5.18. The molecule has 0 aliphatic carbocycles. The van der Waals surface area contributed by atoms with Crippen molar-refractivity contribution in [3.63, 3.8) is 0 Å². The van der Waals surface area contributed by atoms with Gasteiger partial charge in [-0.1, -0.05) is 0 Å². The zero-order valence-corrected chi connectivity index (χ0v) is 10.2. The van der Waals surface area contributed by atoms with Crippen LogP contribution >= 0.6 is 0 Å². The Kier molecular flexibility index (Phi) is 4.27. The first-order chi connectivity index (χ1) is 7.34. The van der Waals surface area contributed by atoms with Crippen molar-refractivity contribution in [1.29, 1.82) is 0 Å². The van der Waals surface area contributed by atoms with Crippen LogP contribution in [0.15, 0.2) is 0 Å². The number of ether oxygens (including phenoxy) is 3. The Morgan fingerprint density at radius 3 is 2.56 bits per heavy atom. The lowest BCUT2D eigenvalue weighted by atomic mass is 9.97. The van der Waals surface area contributed by atoms with Crippen LogP contribution in [0.25, 0.3) is 0 Å². The molecule has 94 valence electrons. The Bertz CT molecular complexity index is 249.